The van der Waals surface area contributed by atoms with Crippen molar-refractivity contribution in [2.24, 2.45) is 0 Å². The van der Waals surface area contributed by atoms with Gasteiger partial charge in [0.15, 0.2) is 0 Å². The Kier molecular flexibility index (Phi) is 5.29. The van der Waals surface area contributed by atoms with Crippen molar-refractivity contribution in [2.45, 2.75) is 45.4 Å². The summed E-state index contributed by atoms with van der Waals surface area (Å²) in [4.78, 5) is 35.0. The van der Waals surface area contributed by atoms with E-state index in [1.807, 2.05) is 13.8 Å². The molecule has 0 aromatic rings. The number of amides is 1. The summed E-state index contributed by atoms with van der Waals surface area (Å²) >= 11 is 0. The Balaban J connectivity index is 2.51. The highest BCUT2D eigenvalue weighted by Gasteiger charge is 2.39. The lowest BCUT2D eigenvalue weighted by Crippen LogP contribution is -2.40. The number of ketones is 1. The standard InChI is InChI=1S/C12H20N2O5/c1-7(2)14-6-9(4-10(14)11(16)17)19-12(18)13-5-8(3)15/h7,9-10H,4-6H2,1-3H3,(H,13,18)(H,16,17)/t9-,10-/m0/s1. The predicted molar refractivity (Wildman–Crippen MR) is 66.8 cm³/mol. The molecule has 108 valence electrons. The van der Waals surface area contributed by atoms with Crippen molar-refractivity contribution in [1.29, 1.82) is 0 Å². The number of alkyl carbamates (subject to hydrolysis) is 1. The Morgan fingerprint density at radius 2 is 2.05 bits per heavy atom. The summed E-state index contributed by atoms with van der Waals surface area (Å²) in [6.45, 7) is 5.46. The summed E-state index contributed by atoms with van der Waals surface area (Å²) in [7, 11) is 0. The zero-order valence-corrected chi connectivity index (χ0v) is 11.4. The first-order chi connectivity index (χ1) is 8.81. The number of carbonyl (C=O) groups excluding carboxylic acids is 2. The van der Waals surface area contributed by atoms with Gasteiger partial charge in [-0.05, 0) is 20.8 Å². The first-order valence-electron chi connectivity index (χ1n) is 6.23. The number of nitrogens with one attached hydrogen (secondary N) is 1. The number of likely N-dealkylation sites (tertiary alicyclic amines) is 1. The van der Waals surface area contributed by atoms with E-state index in [0.29, 0.717) is 6.54 Å². The molecule has 0 saturated carbocycles. The van der Waals surface area contributed by atoms with E-state index in [1.165, 1.54) is 6.92 Å². The molecule has 1 rings (SSSR count). The molecule has 0 spiro atoms. The Morgan fingerprint density at radius 3 is 2.47 bits per heavy atom. The minimum Gasteiger partial charge on any atom is -0.480 e. The number of nitrogens with zero attached hydrogens (tertiary/aromatic N) is 1. The van der Waals surface area contributed by atoms with Crippen LogP contribution in [0, 0.1) is 0 Å². The van der Waals surface area contributed by atoms with E-state index in [4.69, 9.17) is 9.84 Å². The number of carbonyl (C=O) groups is 3. The van der Waals surface area contributed by atoms with E-state index in [0.717, 1.165) is 0 Å². The number of carboxylic acid groups (broad SMARTS) is 1. The molecule has 19 heavy (non-hydrogen) atoms. The van der Waals surface area contributed by atoms with Crippen LogP contribution < -0.4 is 5.32 Å². The third-order valence-electron chi connectivity index (χ3n) is 3.00. The lowest BCUT2D eigenvalue weighted by molar-refractivity contribution is -0.142. The fourth-order valence-corrected chi connectivity index (χ4v) is 2.11. The normalized spacial score (nSPS) is 23.4. The summed E-state index contributed by atoms with van der Waals surface area (Å²) in [6, 6.07) is -0.569. The van der Waals surface area contributed by atoms with Crippen LogP contribution in [0.4, 0.5) is 4.79 Å². The average molecular weight is 272 g/mol. The van der Waals surface area contributed by atoms with Gasteiger partial charge in [0.2, 0.25) is 0 Å². The second kappa shape index (κ2) is 6.51. The predicted octanol–water partition coefficient (Wildman–Crippen LogP) is 0.238. The SMILES string of the molecule is CC(=O)CNC(=O)O[C@H]1C[C@@H](C(=O)O)N(C(C)C)C1. The maximum atomic E-state index is 11.4. The monoisotopic (exact) mass is 272 g/mol. The first-order valence-corrected chi connectivity index (χ1v) is 6.23. The molecular formula is C12H20N2O5. The van der Waals surface area contributed by atoms with Crippen LogP contribution in [0.15, 0.2) is 0 Å². The van der Waals surface area contributed by atoms with Gasteiger partial charge in [-0.15, -0.1) is 0 Å². The lowest BCUT2D eigenvalue weighted by Gasteiger charge is -2.24. The molecule has 1 amide bonds. The molecule has 0 aliphatic carbocycles. The second-order valence-electron chi connectivity index (χ2n) is 4.96. The maximum absolute atomic E-state index is 11.4. The average Bonchev–Trinajstić information content (AvgIpc) is 2.70. The molecule has 2 atom stereocenters. The molecule has 0 aromatic heterocycles. The van der Waals surface area contributed by atoms with Crippen LogP contribution in [0.5, 0.6) is 0 Å². The van der Waals surface area contributed by atoms with Gasteiger partial charge in [0.05, 0.1) is 6.54 Å². The van der Waals surface area contributed by atoms with E-state index in [9.17, 15) is 14.4 Å². The molecule has 0 bridgehead atoms. The van der Waals surface area contributed by atoms with Crippen molar-refractivity contribution in [3.8, 4) is 0 Å². The highest BCUT2D eigenvalue weighted by Crippen LogP contribution is 2.23. The van der Waals surface area contributed by atoms with Crippen LogP contribution in [0.1, 0.15) is 27.2 Å². The lowest BCUT2D eigenvalue weighted by atomic mass is 10.2. The minimum absolute atomic E-state index is 0.0648. The molecule has 7 heteroatoms. The molecule has 2 N–H and O–H groups in total. The van der Waals surface area contributed by atoms with E-state index in [1.54, 1.807) is 4.90 Å². The minimum atomic E-state index is -0.913. The summed E-state index contributed by atoms with van der Waals surface area (Å²) < 4.78 is 5.12. The number of carboxylic acids is 1. The molecule has 1 aliphatic heterocycles. The second-order valence-corrected chi connectivity index (χ2v) is 4.96. The van der Waals surface area contributed by atoms with Crippen molar-refractivity contribution in [3.05, 3.63) is 0 Å². The molecule has 1 fully saturated rings. The third-order valence-corrected chi connectivity index (χ3v) is 3.00. The molecule has 1 aliphatic rings. The van der Waals surface area contributed by atoms with Crippen LogP contribution in [0.3, 0.4) is 0 Å². The van der Waals surface area contributed by atoms with Crippen molar-refractivity contribution < 1.29 is 24.2 Å². The fraction of sp³-hybridized carbons (Fsp3) is 0.750. The van der Waals surface area contributed by atoms with Crippen LogP contribution in [-0.2, 0) is 14.3 Å². The first kappa shape index (κ1) is 15.4. The van der Waals surface area contributed by atoms with Crippen LogP contribution in [0.25, 0.3) is 0 Å². The van der Waals surface area contributed by atoms with Crippen LogP contribution >= 0.6 is 0 Å². The zero-order valence-electron chi connectivity index (χ0n) is 11.4. The van der Waals surface area contributed by atoms with Gasteiger partial charge in [0.1, 0.15) is 17.9 Å². The van der Waals surface area contributed by atoms with E-state index in [-0.39, 0.29) is 24.8 Å². The Hall–Kier alpha value is -1.63. The van der Waals surface area contributed by atoms with Gasteiger partial charge < -0.3 is 15.2 Å². The van der Waals surface area contributed by atoms with Gasteiger partial charge in [-0.3, -0.25) is 14.5 Å². The summed E-state index contributed by atoms with van der Waals surface area (Å²) in [5.41, 5.74) is 0. The number of hydrogen-bond donors (Lipinski definition) is 2. The van der Waals surface area contributed by atoms with Crippen molar-refractivity contribution in [2.75, 3.05) is 13.1 Å². The number of aliphatic carboxylic acids is 1. The largest absolute Gasteiger partial charge is 0.480 e. The van der Waals surface area contributed by atoms with Crippen LogP contribution in [-0.4, -0.2) is 59.1 Å². The molecule has 1 saturated heterocycles. The topological polar surface area (TPSA) is 95.9 Å². The Bertz CT molecular complexity index is 369. The molecule has 7 nitrogen and oxygen atoms in total. The van der Waals surface area contributed by atoms with E-state index < -0.39 is 24.2 Å². The van der Waals surface area contributed by atoms with E-state index >= 15 is 0 Å². The maximum Gasteiger partial charge on any atom is 0.407 e. The van der Waals surface area contributed by atoms with E-state index in [2.05, 4.69) is 5.32 Å². The molecule has 0 radical (unpaired) electrons. The number of rotatable bonds is 5. The summed E-state index contributed by atoms with van der Waals surface area (Å²) in [5.74, 6) is -1.08. The van der Waals surface area contributed by atoms with Crippen molar-refractivity contribution >= 4 is 17.8 Å². The highest BCUT2D eigenvalue weighted by atomic mass is 16.6. The third kappa shape index (κ3) is 4.51. The van der Waals surface area contributed by atoms with Gasteiger partial charge in [0, 0.05) is 19.0 Å². The zero-order chi connectivity index (χ0) is 14.6. The van der Waals surface area contributed by atoms with Crippen LogP contribution in [0.2, 0.25) is 0 Å². The summed E-state index contributed by atoms with van der Waals surface area (Å²) in [5, 5.41) is 11.4. The van der Waals surface area contributed by atoms with Gasteiger partial charge in [0.25, 0.3) is 0 Å². The van der Waals surface area contributed by atoms with Gasteiger partial charge >= 0.3 is 12.1 Å². The molecule has 0 unspecified atom stereocenters. The number of ether oxygens (including phenoxy) is 1. The molecule has 1 heterocycles. The van der Waals surface area contributed by atoms with Crippen molar-refractivity contribution in [1.82, 2.24) is 10.2 Å². The van der Waals surface area contributed by atoms with Gasteiger partial charge in [-0.1, -0.05) is 0 Å². The number of hydrogen-bond acceptors (Lipinski definition) is 5. The van der Waals surface area contributed by atoms with Crippen molar-refractivity contribution in [3.63, 3.8) is 0 Å². The molecular weight excluding hydrogens is 252 g/mol. The van der Waals surface area contributed by atoms with Gasteiger partial charge in [-0.25, -0.2) is 4.79 Å². The Labute approximate surface area is 111 Å². The number of Topliss-reactive ketones (excluding diaryl/α,β-unsaturated/α-hetero) is 1. The fourth-order valence-electron chi connectivity index (χ4n) is 2.11. The highest BCUT2D eigenvalue weighted by molar-refractivity contribution is 5.81. The van der Waals surface area contributed by atoms with Gasteiger partial charge in [-0.2, -0.15) is 0 Å². The molecule has 0 aromatic carbocycles. The smallest absolute Gasteiger partial charge is 0.407 e. The quantitative estimate of drug-likeness (QED) is 0.744. The Morgan fingerprint density at radius 1 is 1.42 bits per heavy atom. The summed E-state index contributed by atoms with van der Waals surface area (Å²) in [6.07, 6.45) is -0.883.